The summed E-state index contributed by atoms with van der Waals surface area (Å²) in [6.07, 6.45) is -7.88. The molecule has 1 rings (SSSR count). The maximum absolute atomic E-state index is 12.4. The van der Waals surface area contributed by atoms with E-state index in [1.807, 2.05) is 0 Å². The molecule has 1 unspecified atom stereocenters. The predicted molar refractivity (Wildman–Crippen MR) is 101 cm³/mol. The average molecular weight is 494 g/mol. The van der Waals surface area contributed by atoms with E-state index >= 15 is 0 Å². The Labute approximate surface area is 177 Å². The second kappa shape index (κ2) is 11.3. The third-order valence-corrected chi connectivity index (χ3v) is 6.41. The highest BCUT2D eigenvalue weighted by atomic mass is 31.2. The topological polar surface area (TPSA) is 230 Å². The monoisotopic (exact) mass is 494 g/mol. The van der Waals surface area contributed by atoms with Crippen molar-refractivity contribution >= 4 is 27.2 Å². The van der Waals surface area contributed by atoms with Crippen LogP contribution in [0.3, 0.4) is 0 Å². The van der Waals surface area contributed by atoms with Crippen LogP contribution in [0.15, 0.2) is 0 Å². The molecule has 0 aliphatic carbocycles. The van der Waals surface area contributed by atoms with Gasteiger partial charge in [0.1, 0.15) is 36.2 Å². The summed E-state index contributed by atoms with van der Waals surface area (Å²) in [6, 6.07) is -1.50. The Hall–Kier alpha value is -0.960. The number of phosphoric acid groups is 1. The average Bonchev–Trinajstić information content (AvgIpc) is 2.64. The van der Waals surface area contributed by atoms with Crippen LogP contribution in [0.5, 0.6) is 0 Å². The van der Waals surface area contributed by atoms with Crippen LogP contribution >= 0.6 is 15.4 Å². The van der Waals surface area contributed by atoms with E-state index in [-0.39, 0.29) is 0 Å². The number of carbonyl (C=O) groups is 2. The van der Waals surface area contributed by atoms with Crippen molar-refractivity contribution in [3.63, 3.8) is 0 Å². The third-order valence-electron chi connectivity index (χ3n) is 4.30. The molecule has 2 amide bonds. The van der Waals surface area contributed by atoms with E-state index < -0.39 is 76.4 Å². The molecule has 1 saturated heterocycles. The largest absolute Gasteiger partial charge is 0.472 e. The van der Waals surface area contributed by atoms with E-state index in [4.69, 9.17) is 19.3 Å². The van der Waals surface area contributed by atoms with Crippen LogP contribution in [-0.2, 0) is 37.2 Å². The zero-order chi connectivity index (χ0) is 24.1. The molecule has 15 nitrogen and oxygen atoms in total. The highest BCUT2D eigenvalue weighted by Crippen LogP contribution is 2.45. The molecule has 31 heavy (non-hydrogen) atoms. The van der Waals surface area contributed by atoms with Crippen molar-refractivity contribution in [2.24, 2.45) is 0 Å². The zero-order valence-electron chi connectivity index (χ0n) is 17.1. The number of hydrogen-bond acceptors (Lipinski definition) is 10. The van der Waals surface area contributed by atoms with Gasteiger partial charge in [0.05, 0.1) is 6.61 Å². The number of nitrogens with one attached hydrogen (secondary N) is 2. The van der Waals surface area contributed by atoms with Crippen LogP contribution < -0.4 is 10.6 Å². The lowest BCUT2D eigenvalue weighted by molar-refractivity contribution is -0.261. The summed E-state index contributed by atoms with van der Waals surface area (Å²) in [4.78, 5) is 51.7. The Morgan fingerprint density at radius 3 is 2.23 bits per heavy atom. The molecule has 0 bridgehead atoms. The minimum absolute atomic E-state index is 0.705. The smallest absolute Gasteiger partial charge is 0.394 e. The van der Waals surface area contributed by atoms with Crippen LogP contribution in [0.2, 0.25) is 0 Å². The standard InChI is InChI=1S/C14H28N2O13P2/c1-6(13(20)16-8(3)30(21,22)26-4)27-12-10(15-7(2)18)14(29-31(23,24)25)28-9(5-17)11(12)19/h6,8-12,14,17,19H,5H2,1-4H3,(H,15,18)(H,16,20)(H,21,22)(H2,23,24,25)/t6-,8-,9-,10-,11-,12-,14-/m1/s1. The molecule has 1 aliphatic rings. The van der Waals surface area contributed by atoms with Crippen molar-refractivity contribution in [3.8, 4) is 0 Å². The maximum Gasteiger partial charge on any atom is 0.472 e. The molecule has 1 aliphatic heterocycles. The normalized spacial score (nSPS) is 30.7. The van der Waals surface area contributed by atoms with E-state index in [9.17, 15) is 33.8 Å². The number of rotatable bonds is 10. The highest BCUT2D eigenvalue weighted by Gasteiger charge is 2.49. The van der Waals surface area contributed by atoms with Gasteiger partial charge in [0.15, 0.2) is 6.29 Å². The van der Waals surface area contributed by atoms with Crippen LogP contribution in [0, 0.1) is 0 Å². The quantitative estimate of drug-likeness (QED) is 0.159. The molecule has 1 fully saturated rings. The van der Waals surface area contributed by atoms with Crippen molar-refractivity contribution in [1.29, 1.82) is 0 Å². The first-order chi connectivity index (χ1) is 14.1. The van der Waals surface area contributed by atoms with E-state index in [0.717, 1.165) is 14.0 Å². The summed E-state index contributed by atoms with van der Waals surface area (Å²) in [5, 5.41) is 24.3. The van der Waals surface area contributed by atoms with E-state index in [1.165, 1.54) is 13.8 Å². The first kappa shape index (κ1) is 28.1. The summed E-state index contributed by atoms with van der Waals surface area (Å²) in [5.74, 6) is -2.91. The Bertz CT molecular complexity index is 731. The fraction of sp³-hybridized carbons (Fsp3) is 0.857. The molecule has 0 aromatic heterocycles. The number of aliphatic hydroxyl groups excluding tert-OH is 2. The van der Waals surface area contributed by atoms with Crippen LogP contribution in [0.4, 0.5) is 0 Å². The third kappa shape index (κ3) is 8.15. The van der Waals surface area contributed by atoms with Crippen LogP contribution in [0.1, 0.15) is 20.8 Å². The van der Waals surface area contributed by atoms with Gasteiger partial charge in [0.2, 0.25) is 11.8 Å². The lowest BCUT2D eigenvalue weighted by atomic mass is 9.96. The summed E-state index contributed by atoms with van der Waals surface area (Å²) in [5.41, 5.74) is 0. The first-order valence-corrected chi connectivity index (χ1v) is 12.1. The minimum atomic E-state index is -5.14. The predicted octanol–water partition coefficient (Wildman–Crippen LogP) is -2.25. The molecule has 0 spiro atoms. The molecule has 1 heterocycles. The Morgan fingerprint density at radius 2 is 1.77 bits per heavy atom. The molecular formula is C14H28N2O13P2. The summed E-state index contributed by atoms with van der Waals surface area (Å²) in [7, 11) is -8.30. The second-order valence-corrected chi connectivity index (χ2v) is 10.2. The van der Waals surface area contributed by atoms with Crippen molar-refractivity contribution in [1.82, 2.24) is 10.6 Å². The van der Waals surface area contributed by atoms with E-state index in [1.54, 1.807) is 0 Å². The number of phosphoric ester groups is 1. The molecule has 0 saturated carbocycles. The van der Waals surface area contributed by atoms with Crippen LogP contribution in [0.25, 0.3) is 0 Å². The van der Waals surface area contributed by atoms with Gasteiger partial charge in [-0.3, -0.25) is 18.7 Å². The fourth-order valence-corrected chi connectivity index (χ4v) is 3.76. The number of ether oxygens (including phenoxy) is 2. The van der Waals surface area contributed by atoms with Crippen molar-refractivity contribution < 1.29 is 62.1 Å². The van der Waals surface area contributed by atoms with Crippen molar-refractivity contribution in [3.05, 3.63) is 0 Å². The number of amides is 2. The summed E-state index contributed by atoms with van der Waals surface area (Å²) in [6.45, 7) is 2.69. The molecule has 0 aromatic rings. The molecule has 0 radical (unpaired) electrons. The summed E-state index contributed by atoms with van der Waals surface area (Å²) < 4.78 is 42.6. The van der Waals surface area contributed by atoms with Gasteiger partial charge in [-0.1, -0.05) is 0 Å². The molecule has 17 heteroatoms. The summed E-state index contributed by atoms with van der Waals surface area (Å²) >= 11 is 0. The Morgan fingerprint density at radius 1 is 1.19 bits per heavy atom. The van der Waals surface area contributed by atoms with Gasteiger partial charge < -0.3 is 49.5 Å². The zero-order valence-corrected chi connectivity index (χ0v) is 18.9. The minimum Gasteiger partial charge on any atom is -0.394 e. The lowest BCUT2D eigenvalue weighted by Gasteiger charge is -2.44. The fourth-order valence-electron chi connectivity index (χ4n) is 2.70. The van der Waals surface area contributed by atoms with E-state index in [2.05, 4.69) is 19.7 Å². The number of hydrogen-bond donors (Lipinski definition) is 7. The first-order valence-electron chi connectivity index (χ1n) is 8.92. The van der Waals surface area contributed by atoms with Crippen LogP contribution in [-0.4, -0.2) is 93.0 Å². The lowest BCUT2D eigenvalue weighted by Crippen LogP contribution is -2.66. The number of carbonyl (C=O) groups excluding carboxylic acids is 2. The SMILES string of the molecule is COP(=O)(O)[C@H](C)NC(=O)[C@@H](C)O[C@H]1[C@H](O)[C@@H](CO)O[C@H](OP(=O)(O)O)[C@@H]1NC(C)=O. The van der Waals surface area contributed by atoms with Gasteiger partial charge in [0.25, 0.3) is 0 Å². The Balaban J connectivity index is 3.11. The number of aliphatic hydroxyl groups is 2. The van der Waals surface area contributed by atoms with E-state index in [0.29, 0.717) is 0 Å². The van der Waals surface area contributed by atoms with Gasteiger partial charge in [-0.2, -0.15) is 0 Å². The molecular weight excluding hydrogens is 466 g/mol. The molecule has 182 valence electrons. The highest BCUT2D eigenvalue weighted by molar-refractivity contribution is 7.53. The van der Waals surface area contributed by atoms with Crippen molar-refractivity contribution in [2.45, 2.75) is 63.3 Å². The molecule has 7 N–H and O–H groups in total. The van der Waals surface area contributed by atoms with Gasteiger partial charge in [-0.25, -0.2) is 4.57 Å². The second-order valence-electron chi connectivity index (χ2n) is 6.71. The molecule has 8 atom stereocenters. The van der Waals surface area contributed by atoms with Gasteiger partial charge in [-0.15, -0.1) is 0 Å². The van der Waals surface area contributed by atoms with Gasteiger partial charge in [0, 0.05) is 14.0 Å². The molecule has 0 aromatic carbocycles. The maximum atomic E-state index is 12.4. The Kier molecular flexibility index (Phi) is 10.2. The van der Waals surface area contributed by atoms with Gasteiger partial charge in [-0.05, 0) is 13.8 Å². The van der Waals surface area contributed by atoms with Gasteiger partial charge >= 0.3 is 15.4 Å². The van der Waals surface area contributed by atoms with Crippen molar-refractivity contribution in [2.75, 3.05) is 13.7 Å².